The second kappa shape index (κ2) is 6.13. The summed E-state index contributed by atoms with van der Waals surface area (Å²) in [6.07, 6.45) is 0.897. The Bertz CT molecular complexity index is 195. The van der Waals surface area contributed by atoms with Crippen LogP contribution >= 0.6 is 7.60 Å². The van der Waals surface area contributed by atoms with Gasteiger partial charge in [0.1, 0.15) is 0 Å². The zero-order valence-corrected chi connectivity index (χ0v) is 9.00. The Kier molecular flexibility index (Phi) is 5.95. The van der Waals surface area contributed by atoms with Crippen LogP contribution in [0.2, 0.25) is 0 Å². The number of rotatable bonds is 6. The zero-order chi connectivity index (χ0) is 10.3. The second-order valence-corrected chi connectivity index (χ2v) is 4.78. The van der Waals surface area contributed by atoms with Gasteiger partial charge in [0.15, 0.2) is 0 Å². The molecule has 0 atom stereocenters. The van der Waals surface area contributed by atoms with Crippen LogP contribution in [0.5, 0.6) is 0 Å². The lowest BCUT2D eigenvalue weighted by molar-refractivity contribution is -0.140. The minimum Gasteiger partial charge on any atom is -0.469 e. The first-order chi connectivity index (χ1) is 6.08. The summed E-state index contributed by atoms with van der Waals surface area (Å²) in [6, 6.07) is 0. The van der Waals surface area contributed by atoms with E-state index >= 15 is 0 Å². The molecule has 0 aliphatic carbocycles. The van der Waals surface area contributed by atoms with Crippen molar-refractivity contribution in [3.8, 4) is 0 Å². The molecule has 0 rings (SSSR count). The summed E-state index contributed by atoms with van der Waals surface area (Å²) in [5, 5.41) is 0. The SMILES string of the molecule is COC(=O)CCCP(=O)(OC)OC. The first-order valence-electron chi connectivity index (χ1n) is 3.85. The van der Waals surface area contributed by atoms with E-state index in [1.165, 1.54) is 21.3 Å². The van der Waals surface area contributed by atoms with Crippen molar-refractivity contribution in [3.63, 3.8) is 0 Å². The van der Waals surface area contributed by atoms with Crippen LogP contribution in [0, 0.1) is 0 Å². The van der Waals surface area contributed by atoms with Gasteiger partial charge < -0.3 is 13.8 Å². The highest BCUT2D eigenvalue weighted by atomic mass is 31.2. The fourth-order valence-corrected chi connectivity index (χ4v) is 1.84. The molecule has 0 N–H and O–H groups in total. The Labute approximate surface area is 77.9 Å². The third kappa shape index (κ3) is 5.03. The van der Waals surface area contributed by atoms with Crippen LogP contribution in [0.4, 0.5) is 0 Å². The van der Waals surface area contributed by atoms with E-state index in [-0.39, 0.29) is 18.6 Å². The van der Waals surface area contributed by atoms with E-state index in [1.807, 2.05) is 0 Å². The molecule has 0 aromatic rings. The molecular formula is C7H15O5P. The van der Waals surface area contributed by atoms with E-state index in [9.17, 15) is 9.36 Å². The van der Waals surface area contributed by atoms with Crippen LogP contribution in [-0.2, 0) is 23.1 Å². The number of ether oxygens (including phenoxy) is 1. The molecule has 0 unspecified atom stereocenters. The Morgan fingerprint density at radius 2 is 1.77 bits per heavy atom. The van der Waals surface area contributed by atoms with Crippen molar-refractivity contribution in [3.05, 3.63) is 0 Å². The van der Waals surface area contributed by atoms with Crippen molar-refractivity contribution >= 4 is 13.6 Å². The van der Waals surface area contributed by atoms with Crippen molar-refractivity contribution in [2.75, 3.05) is 27.5 Å². The van der Waals surface area contributed by atoms with Gasteiger partial charge in [-0.05, 0) is 6.42 Å². The summed E-state index contributed by atoms with van der Waals surface area (Å²) in [4.78, 5) is 10.7. The Morgan fingerprint density at radius 3 is 2.15 bits per heavy atom. The second-order valence-electron chi connectivity index (χ2n) is 2.38. The van der Waals surface area contributed by atoms with Crippen molar-refractivity contribution < 1.29 is 23.1 Å². The van der Waals surface area contributed by atoms with Gasteiger partial charge >= 0.3 is 13.6 Å². The number of esters is 1. The third-order valence-electron chi connectivity index (χ3n) is 1.60. The summed E-state index contributed by atoms with van der Waals surface area (Å²) >= 11 is 0. The maximum Gasteiger partial charge on any atom is 0.330 e. The van der Waals surface area contributed by atoms with E-state index in [1.54, 1.807) is 0 Å². The standard InChI is InChI=1S/C7H15O5P/c1-10-7(8)5-4-6-13(9,11-2)12-3/h4-6H2,1-3H3. The topological polar surface area (TPSA) is 61.8 Å². The molecule has 0 fully saturated rings. The van der Waals surface area contributed by atoms with Crippen molar-refractivity contribution in [2.24, 2.45) is 0 Å². The van der Waals surface area contributed by atoms with Crippen LogP contribution in [0.15, 0.2) is 0 Å². The van der Waals surface area contributed by atoms with Gasteiger partial charge in [0.25, 0.3) is 0 Å². The van der Waals surface area contributed by atoms with Gasteiger partial charge in [0.05, 0.1) is 13.3 Å². The largest absolute Gasteiger partial charge is 0.469 e. The molecule has 0 aromatic carbocycles. The van der Waals surface area contributed by atoms with Crippen LogP contribution in [0.1, 0.15) is 12.8 Å². The summed E-state index contributed by atoms with van der Waals surface area (Å²) in [5.74, 6) is -0.321. The first kappa shape index (κ1) is 12.6. The third-order valence-corrected chi connectivity index (χ3v) is 3.57. The number of carbonyl (C=O) groups excluding carboxylic acids is 1. The zero-order valence-electron chi connectivity index (χ0n) is 8.11. The van der Waals surface area contributed by atoms with Gasteiger partial charge in [-0.2, -0.15) is 0 Å². The van der Waals surface area contributed by atoms with Crippen LogP contribution < -0.4 is 0 Å². The molecule has 0 amide bonds. The molecule has 0 heterocycles. The lowest BCUT2D eigenvalue weighted by Gasteiger charge is -2.12. The summed E-state index contributed by atoms with van der Waals surface area (Å²) in [7, 11) is 1.00. The van der Waals surface area contributed by atoms with E-state index in [4.69, 9.17) is 0 Å². The summed E-state index contributed by atoms with van der Waals surface area (Å²) in [5.41, 5.74) is 0. The molecule has 0 saturated carbocycles. The highest BCUT2D eigenvalue weighted by molar-refractivity contribution is 7.53. The molecular weight excluding hydrogens is 195 g/mol. The molecule has 0 aliphatic heterocycles. The molecule has 0 aromatic heterocycles. The highest BCUT2D eigenvalue weighted by Gasteiger charge is 2.20. The van der Waals surface area contributed by atoms with E-state index in [0.29, 0.717) is 6.42 Å². The van der Waals surface area contributed by atoms with Gasteiger partial charge in [0, 0.05) is 20.6 Å². The predicted octanol–water partition coefficient (Wildman–Crippen LogP) is 1.43. The number of carbonyl (C=O) groups is 1. The Balaban J connectivity index is 3.74. The average molecular weight is 210 g/mol. The van der Waals surface area contributed by atoms with Crippen LogP contribution in [-0.4, -0.2) is 33.5 Å². The molecule has 0 bridgehead atoms. The van der Waals surface area contributed by atoms with Gasteiger partial charge in [-0.1, -0.05) is 0 Å². The minimum atomic E-state index is -2.96. The van der Waals surface area contributed by atoms with Gasteiger partial charge in [0.2, 0.25) is 0 Å². The summed E-state index contributed by atoms with van der Waals surface area (Å²) in [6.45, 7) is 0. The minimum absolute atomic E-state index is 0.229. The number of methoxy groups -OCH3 is 1. The monoisotopic (exact) mass is 210 g/mol. The predicted molar refractivity (Wildman–Crippen MR) is 47.7 cm³/mol. The highest BCUT2D eigenvalue weighted by Crippen LogP contribution is 2.46. The van der Waals surface area contributed by atoms with E-state index < -0.39 is 7.60 Å². The van der Waals surface area contributed by atoms with Gasteiger partial charge in [-0.15, -0.1) is 0 Å². The fraction of sp³-hybridized carbons (Fsp3) is 0.857. The molecule has 0 spiro atoms. The number of hydrogen-bond donors (Lipinski definition) is 0. The number of hydrogen-bond acceptors (Lipinski definition) is 5. The smallest absolute Gasteiger partial charge is 0.330 e. The quantitative estimate of drug-likeness (QED) is 0.490. The maximum absolute atomic E-state index is 11.4. The lowest BCUT2D eigenvalue weighted by atomic mass is 10.3. The Morgan fingerprint density at radius 1 is 1.23 bits per heavy atom. The molecule has 0 aliphatic rings. The van der Waals surface area contributed by atoms with Crippen LogP contribution in [0.25, 0.3) is 0 Å². The van der Waals surface area contributed by atoms with Gasteiger partial charge in [-0.25, -0.2) is 0 Å². The van der Waals surface area contributed by atoms with E-state index in [2.05, 4.69) is 13.8 Å². The molecule has 0 saturated heterocycles. The first-order valence-corrected chi connectivity index (χ1v) is 5.58. The summed E-state index contributed by atoms with van der Waals surface area (Å²) < 4.78 is 25.2. The average Bonchev–Trinajstić information content (AvgIpc) is 2.17. The van der Waals surface area contributed by atoms with Gasteiger partial charge in [-0.3, -0.25) is 9.36 Å². The van der Waals surface area contributed by atoms with Crippen molar-refractivity contribution in [2.45, 2.75) is 12.8 Å². The molecule has 5 nitrogen and oxygen atoms in total. The Hall–Kier alpha value is -0.380. The molecule has 78 valence electrons. The normalized spacial score (nSPS) is 11.3. The van der Waals surface area contributed by atoms with Crippen LogP contribution in [0.3, 0.4) is 0 Å². The molecule has 0 radical (unpaired) electrons. The molecule has 6 heteroatoms. The molecule has 13 heavy (non-hydrogen) atoms. The van der Waals surface area contributed by atoms with Crippen molar-refractivity contribution in [1.29, 1.82) is 0 Å². The maximum atomic E-state index is 11.4. The lowest BCUT2D eigenvalue weighted by Crippen LogP contribution is -2.02. The van der Waals surface area contributed by atoms with E-state index in [0.717, 1.165) is 0 Å². The fourth-order valence-electron chi connectivity index (χ4n) is 0.776. The van der Waals surface area contributed by atoms with Crippen molar-refractivity contribution in [1.82, 2.24) is 0 Å².